The number of hydrogen-bond acceptors (Lipinski definition) is 4. The van der Waals surface area contributed by atoms with Gasteiger partial charge in [-0.15, -0.1) is 48.2 Å². The van der Waals surface area contributed by atoms with Crippen LogP contribution in [0.1, 0.15) is 36.8 Å². The third-order valence-corrected chi connectivity index (χ3v) is 11.9. The molecule has 2 aliphatic rings. The Labute approximate surface area is 370 Å². The van der Waals surface area contributed by atoms with E-state index in [9.17, 15) is 34.4 Å². The van der Waals surface area contributed by atoms with E-state index in [4.69, 9.17) is 0 Å². The van der Waals surface area contributed by atoms with Crippen molar-refractivity contribution in [3.8, 4) is 0 Å². The van der Waals surface area contributed by atoms with Crippen LogP contribution < -0.4 is 9.44 Å². The Morgan fingerprint density at radius 2 is 0.902 bits per heavy atom. The van der Waals surface area contributed by atoms with Crippen molar-refractivity contribution in [1.29, 1.82) is 0 Å². The molecule has 0 saturated heterocycles. The van der Waals surface area contributed by atoms with Crippen molar-refractivity contribution < 1.29 is 56.1 Å². The number of hydrogen-bond donors (Lipinski definition) is 2. The van der Waals surface area contributed by atoms with E-state index in [0.29, 0.717) is 36.8 Å². The van der Waals surface area contributed by atoms with E-state index in [0.717, 1.165) is 46.5 Å². The molecule has 6 aromatic carbocycles. The van der Waals surface area contributed by atoms with Gasteiger partial charge in [-0.25, -0.2) is 68.1 Å². The molecule has 2 aliphatic carbocycles. The second kappa shape index (κ2) is 24.5. The van der Waals surface area contributed by atoms with Crippen molar-refractivity contribution in [3.63, 3.8) is 0 Å². The molecular formula is C48H42F4N2O4S2Ti. The fourth-order valence-corrected chi connectivity index (χ4v) is 8.04. The van der Waals surface area contributed by atoms with Gasteiger partial charge in [-0.2, -0.15) is 24.3 Å². The molecule has 0 aliphatic heterocycles. The summed E-state index contributed by atoms with van der Waals surface area (Å²) in [6, 6.07) is 33.8. The van der Waals surface area contributed by atoms with Crippen LogP contribution in [0.4, 0.5) is 17.6 Å². The van der Waals surface area contributed by atoms with Crippen LogP contribution in [0.5, 0.6) is 0 Å². The summed E-state index contributed by atoms with van der Waals surface area (Å²) in [5.41, 5.74) is 0.623. The minimum Gasteiger partial charge on any atom is -0.273 e. The van der Waals surface area contributed by atoms with Gasteiger partial charge in [0, 0.05) is 36.4 Å². The molecule has 0 saturated carbocycles. The van der Waals surface area contributed by atoms with Crippen molar-refractivity contribution >= 4 is 41.6 Å². The SMILES string of the molecule is O=S(=O)(NCCCc1ccc(F)[c-]c1F)c1ccc2ccccc2c1.O=S(=O)(NCCCc1ccc(F)[c-]c1F)c1ccc2ccccc2c1.[C-]1=CC=CC1.[C-]1=CC=CC1.[Ti+4]. The van der Waals surface area contributed by atoms with E-state index >= 15 is 0 Å². The summed E-state index contributed by atoms with van der Waals surface area (Å²) in [4.78, 5) is 0.375. The average Bonchev–Trinajstić information content (AvgIpc) is 4.04. The second-order valence-corrected chi connectivity index (χ2v) is 16.9. The summed E-state index contributed by atoms with van der Waals surface area (Å²) in [6.45, 7) is 0.317. The summed E-state index contributed by atoms with van der Waals surface area (Å²) in [6.07, 6.45) is 21.4. The molecule has 2 N–H and O–H groups in total. The van der Waals surface area contributed by atoms with Crippen LogP contribution in [-0.4, -0.2) is 29.9 Å². The van der Waals surface area contributed by atoms with Crippen molar-refractivity contribution in [2.45, 2.75) is 48.3 Å². The molecular weight excluding hydrogens is 857 g/mol. The topological polar surface area (TPSA) is 92.3 Å². The largest absolute Gasteiger partial charge is 4.00 e. The first-order valence-electron chi connectivity index (χ1n) is 19.0. The third-order valence-electron chi connectivity index (χ3n) is 8.95. The molecule has 0 bridgehead atoms. The van der Waals surface area contributed by atoms with Gasteiger partial charge in [-0.05, 0) is 58.7 Å². The van der Waals surface area contributed by atoms with Gasteiger partial charge in [-0.3, -0.25) is 12.2 Å². The van der Waals surface area contributed by atoms with E-state index in [-0.39, 0.29) is 44.6 Å². The minimum atomic E-state index is -3.63. The van der Waals surface area contributed by atoms with Crippen LogP contribution >= 0.6 is 0 Å². The average molecular weight is 899 g/mol. The number of nitrogens with one attached hydrogen (secondary N) is 2. The van der Waals surface area contributed by atoms with E-state index in [1.807, 2.05) is 85.0 Å². The fraction of sp³-hybridized carbons (Fsp3) is 0.167. The standard InChI is InChI=1S/2C19H16F2NO2S.2C5H5.Ti/c2*20-17-9-7-15(19(21)13-17)6-3-11-22-25(23,24)18-10-8-14-4-1-2-5-16(14)12-18;2*1-2-4-5-3-1;/h2*1-2,4-5,7-10,12,22H,3,6,11H2;2*1-3H,4H2;/q4*-1;+4. The van der Waals surface area contributed by atoms with Crippen LogP contribution in [-0.2, 0) is 54.6 Å². The van der Waals surface area contributed by atoms with Gasteiger partial charge in [0.15, 0.2) is 0 Å². The number of rotatable bonds is 12. The number of sulfonamides is 2. The number of halogens is 4. The predicted molar refractivity (Wildman–Crippen MR) is 228 cm³/mol. The summed E-state index contributed by atoms with van der Waals surface area (Å²) in [5, 5.41) is 3.61. The van der Waals surface area contributed by atoms with Crippen LogP contribution in [0.25, 0.3) is 21.5 Å². The first-order chi connectivity index (χ1) is 28.9. The summed E-state index contributed by atoms with van der Waals surface area (Å²) in [5.74, 6) is -2.98. The smallest absolute Gasteiger partial charge is 0.273 e. The van der Waals surface area contributed by atoms with Gasteiger partial charge in [-0.1, -0.05) is 73.5 Å². The molecule has 0 fully saturated rings. The van der Waals surface area contributed by atoms with Crippen molar-refractivity contribution in [1.82, 2.24) is 9.44 Å². The molecule has 6 nitrogen and oxygen atoms in total. The Kier molecular flexibility index (Phi) is 19.6. The van der Waals surface area contributed by atoms with E-state index in [1.165, 1.54) is 12.1 Å². The fourth-order valence-electron chi connectivity index (χ4n) is 5.82. The van der Waals surface area contributed by atoms with Crippen molar-refractivity contribution in [3.05, 3.63) is 204 Å². The van der Waals surface area contributed by atoms with Crippen LogP contribution in [0.15, 0.2) is 155 Å². The number of benzene rings is 6. The first-order valence-corrected chi connectivity index (χ1v) is 22.0. The molecule has 13 heteroatoms. The Bertz CT molecular complexity index is 2520. The van der Waals surface area contributed by atoms with Crippen LogP contribution in [0.2, 0.25) is 0 Å². The Hall–Kier alpha value is -4.95. The van der Waals surface area contributed by atoms with E-state index in [2.05, 4.69) is 33.7 Å². The number of allylic oxidation sites excluding steroid dienone is 8. The summed E-state index contributed by atoms with van der Waals surface area (Å²) >= 11 is 0. The second-order valence-electron chi connectivity index (χ2n) is 13.3. The van der Waals surface area contributed by atoms with Crippen molar-refractivity contribution in [2.75, 3.05) is 13.1 Å². The molecule has 0 heterocycles. The van der Waals surface area contributed by atoms with Gasteiger partial charge < -0.3 is 0 Å². The Morgan fingerprint density at radius 3 is 1.23 bits per heavy atom. The zero-order valence-corrected chi connectivity index (χ0v) is 36.2. The molecule has 0 radical (unpaired) electrons. The summed E-state index contributed by atoms with van der Waals surface area (Å²) in [7, 11) is -7.27. The third kappa shape index (κ3) is 15.8. The van der Waals surface area contributed by atoms with Gasteiger partial charge in [0.05, 0.1) is 9.79 Å². The molecule has 312 valence electrons. The van der Waals surface area contributed by atoms with Gasteiger partial charge in [0.25, 0.3) is 0 Å². The number of aryl methyl sites for hydroxylation is 2. The minimum absolute atomic E-state index is 0. The first kappa shape index (κ1) is 48.7. The molecule has 0 atom stereocenters. The maximum Gasteiger partial charge on any atom is 4.00 e. The molecule has 0 aromatic heterocycles. The Morgan fingerprint density at radius 1 is 0.508 bits per heavy atom. The number of fused-ring (bicyclic) bond motifs is 2. The van der Waals surface area contributed by atoms with Gasteiger partial charge in [0.1, 0.15) is 0 Å². The normalized spacial score (nSPS) is 12.5. The Balaban J connectivity index is 0.000000215. The molecule has 0 amide bonds. The van der Waals surface area contributed by atoms with Crippen LogP contribution in [0.3, 0.4) is 0 Å². The maximum atomic E-state index is 13.5. The van der Waals surface area contributed by atoms with E-state index < -0.39 is 43.3 Å². The molecule has 6 aromatic rings. The summed E-state index contributed by atoms with van der Waals surface area (Å²) < 4.78 is 107. The molecule has 8 rings (SSSR count). The van der Waals surface area contributed by atoms with Crippen LogP contribution in [0, 0.1) is 47.6 Å². The monoisotopic (exact) mass is 898 g/mol. The maximum absolute atomic E-state index is 13.5. The molecule has 0 unspecified atom stereocenters. The molecule has 0 spiro atoms. The van der Waals surface area contributed by atoms with Gasteiger partial charge >= 0.3 is 21.7 Å². The van der Waals surface area contributed by atoms with E-state index in [1.54, 1.807) is 36.4 Å². The van der Waals surface area contributed by atoms with Gasteiger partial charge in [0.2, 0.25) is 20.0 Å². The quantitative estimate of drug-likeness (QED) is 0.0554. The predicted octanol–water partition coefficient (Wildman–Crippen LogP) is 10.3. The molecule has 61 heavy (non-hydrogen) atoms. The zero-order valence-electron chi connectivity index (χ0n) is 33.0. The zero-order chi connectivity index (χ0) is 42.8. The van der Waals surface area contributed by atoms with Crippen molar-refractivity contribution in [2.24, 2.45) is 0 Å².